The van der Waals surface area contributed by atoms with E-state index >= 15 is 0 Å². The van der Waals surface area contributed by atoms with E-state index in [0.717, 1.165) is 38.0 Å². The van der Waals surface area contributed by atoms with Crippen molar-refractivity contribution < 1.29 is 4.79 Å². The molecule has 0 unspecified atom stereocenters. The largest absolute Gasteiger partial charge is 0.342 e. The number of likely N-dealkylation sites (tertiary alicyclic amines) is 1. The van der Waals surface area contributed by atoms with E-state index in [-0.39, 0.29) is 5.92 Å². The molecule has 4 nitrogen and oxygen atoms in total. The summed E-state index contributed by atoms with van der Waals surface area (Å²) in [5.74, 6) is 1.28. The highest BCUT2D eigenvalue weighted by molar-refractivity contribution is 7.11. The van der Waals surface area contributed by atoms with Gasteiger partial charge in [0.25, 0.3) is 0 Å². The summed E-state index contributed by atoms with van der Waals surface area (Å²) in [5, 5.41) is 1.21. The normalized spacial score (nSPS) is 26.4. The molecule has 1 amide bonds. The first-order chi connectivity index (χ1) is 11.6. The molecule has 2 aromatic rings. The minimum atomic E-state index is 0.160. The van der Waals surface area contributed by atoms with E-state index in [1.807, 2.05) is 12.3 Å². The van der Waals surface area contributed by atoms with E-state index in [4.69, 9.17) is 4.98 Å². The third-order valence-electron chi connectivity index (χ3n) is 5.35. The molecule has 5 heteroatoms. The lowest BCUT2D eigenvalue weighted by molar-refractivity contribution is -0.133. The van der Waals surface area contributed by atoms with Gasteiger partial charge >= 0.3 is 0 Å². The third kappa shape index (κ3) is 2.97. The zero-order valence-corrected chi connectivity index (χ0v) is 15.1. The second-order valence-electron chi connectivity index (χ2n) is 7.05. The molecule has 2 aromatic heterocycles. The standard InChI is InChI=1S/C19H23N3OS/c1-12-13(2)24-18(21-12)15-6-4-8-22(11-15)19(23)17-9-16(17)14-5-3-7-20-10-14/h3,5,7,10,15-17H,4,6,8-9,11H2,1-2H3/t15-,16+,17+/m1/s1. The first kappa shape index (κ1) is 15.8. The zero-order chi connectivity index (χ0) is 16.7. The van der Waals surface area contributed by atoms with Crippen LogP contribution < -0.4 is 0 Å². The molecule has 24 heavy (non-hydrogen) atoms. The van der Waals surface area contributed by atoms with Gasteiger partial charge < -0.3 is 4.90 Å². The Bertz CT molecular complexity index is 723. The number of nitrogens with zero attached hydrogens (tertiary/aromatic N) is 3. The van der Waals surface area contributed by atoms with Crippen LogP contribution in [0.3, 0.4) is 0 Å². The minimum absolute atomic E-state index is 0.160. The second-order valence-corrected chi connectivity index (χ2v) is 8.29. The molecule has 0 spiro atoms. The van der Waals surface area contributed by atoms with E-state index in [1.165, 1.54) is 15.4 Å². The predicted octanol–water partition coefficient (Wildman–Crippen LogP) is 3.66. The molecule has 1 saturated heterocycles. The van der Waals surface area contributed by atoms with E-state index in [0.29, 0.717) is 17.7 Å². The average molecular weight is 341 g/mol. The Morgan fingerprint density at radius 2 is 2.25 bits per heavy atom. The van der Waals surface area contributed by atoms with Crippen LogP contribution in [0.15, 0.2) is 24.5 Å². The Hall–Kier alpha value is -1.75. The quantitative estimate of drug-likeness (QED) is 0.856. The summed E-state index contributed by atoms with van der Waals surface area (Å²) >= 11 is 1.80. The van der Waals surface area contributed by atoms with E-state index in [2.05, 4.69) is 29.8 Å². The molecule has 1 aliphatic heterocycles. The van der Waals surface area contributed by atoms with Gasteiger partial charge in [0.1, 0.15) is 0 Å². The predicted molar refractivity (Wildman–Crippen MR) is 95.2 cm³/mol. The summed E-state index contributed by atoms with van der Waals surface area (Å²) in [5.41, 5.74) is 2.34. The fourth-order valence-corrected chi connectivity index (χ4v) is 4.77. The summed E-state index contributed by atoms with van der Waals surface area (Å²) < 4.78 is 0. The fourth-order valence-electron chi connectivity index (χ4n) is 3.72. The molecule has 126 valence electrons. The summed E-state index contributed by atoms with van der Waals surface area (Å²) in [7, 11) is 0. The van der Waals surface area contributed by atoms with Gasteiger partial charge in [0.15, 0.2) is 0 Å². The van der Waals surface area contributed by atoms with Crippen molar-refractivity contribution in [2.24, 2.45) is 5.92 Å². The minimum Gasteiger partial charge on any atom is -0.342 e. The van der Waals surface area contributed by atoms with Gasteiger partial charge in [-0.1, -0.05) is 6.07 Å². The van der Waals surface area contributed by atoms with Crippen molar-refractivity contribution in [3.8, 4) is 0 Å². The van der Waals surface area contributed by atoms with Crippen LogP contribution in [0.1, 0.15) is 52.2 Å². The van der Waals surface area contributed by atoms with Gasteiger partial charge in [0.05, 0.1) is 10.7 Å². The van der Waals surface area contributed by atoms with E-state index < -0.39 is 0 Å². The lowest BCUT2D eigenvalue weighted by atomic mass is 9.98. The zero-order valence-electron chi connectivity index (χ0n) is 14.2. The summed E-state index contributed by atoms with van der Waals surface area (Å²) in [6.45, 7) is 5.94. The van der Waals surface area contributed by atoms with Crippen LogP contribution in [0.25, 0.3) is 0 Å². The summed E-state index contributed by atoms with van der Waals surface area (Å²) in [6, 6.07) is 4.05. The number of thiazole rings is 1. The maximum Gasteiger partial charge on any atom is 0.226 e. The maximum atomic E-state index is 12.9. The molecule has 0 radical (unpaired) electrons. The van der Waals surface area contributed by atoms with Gasteiger partial charge in [-0.3, -0.25) is 9.78 Å². The van der Waals surface area contributed by atoms with Crippen molar-refractivity contribution in [1.82, 2.24) is 14.9 Å². The second kappa shape index (κ2) is 6.28. The molecule has 0 N–H and O–H groups in total. The number of aromatic nitrogens is 2. The van der Waals surface area contributed by atoms with Crippen molar-refractivity contribution in [3.63, 3.8) is 0 Å². The Morgan fingerprint density at radius 3 is 2.96 bits per heavy atom. The number of hydrogen-bond donors (Lipinski definition) is 0. The molecule has 2 fully saturated rings. The number of piperidine rings is 1. The molecular formula is C19H23N3OS. The average Bonchev–Trinajstić information content (AvgIpc) is 3.35. The van der Waals surface area contributed by atoms with Gasteiger partial charge in [-0.15, -0.1) is 11.3 Å². The van der Waals surface area contributed by atoms with Crippen molar-refractivity contribution in [1.29, 1.82) is 0 Å². The Labute approximate surface area is 146 Å². The Kier molecular flexibility index (Phi) is 4.12. The van der Waals surface area contributed by atoms with Crippen LogP contribution >= 0.6 is 11.3 Å². The summed E-state index contributed by atoms with van der Waals surface area (Å²) in [6.07, 6.45) is 6.89. The lowest BCUT2D eigenvalue weighted by Gasteiger charge is -2.32. The highest BCUT2D eigenvalue weighted by Crippen LogP contribution is 2.48. The SMILES string of the molecule is Cc1nc([C@@H]2CCCN(C(=O)[C@H]3C[C@H]3c3cccnc3)C2)sc1C. The van der Waals surface area contributed by atoms with Gasteiger partial charge in [-0.05, 0) is 50.7 Å². The molecule has 3 heterocycles. The fraction of sp³-hybridized carbons (Fsp3) is 0.526. The van der Waals surface area contributed by atoms with Crippen LogP contribution in [-0.2, 0) is 4.79 Å². The third-order valence-corrected chi connectivity index (χ3v) is 6.58. The lowest BCUT2D eigenvalue weighted by Crippen LogP contribution is -2.40. The van der Waals surface area contributed by atoms with Crippen LogP contribution in [0.4, 0.5) is 0 Å². The molecule has 0 aromatic carbocycles. The van der Waals surface area contributed by atoms with Crippen molar-refractivity contribution in [2.45, 2.75) is 44.9 Å². The van der Waals surface area contributed by atoms with Gasteiger partial charge in [0, 0.05) is 42.2 Å². The van der Waals surface area contributed by atoms with Gasteiger partial charge in [-0.25, -0.2) is 4.98 Å². The van der Waals surface area contributed by atoms with Gasteiger partial charge in [-0.2, -0.15) is 0 Å². The number of carbonyl (C=O) groups excluding carboxylic acids is 1. The number of carbonyl (C=O) groups is 1. The highest BCUT2D eigenvalue weighted by atomic mass is 32.1. The Balaban J connectivity index is 1.42. The van der Waals surface area contributed by atoms with Crippen LogP contribution in [0.2, 0.25) is 0 Å². The molecule has 4 rings (SSSR count). The molecule has 3 atom stereocenters. The summed E-state index contributed by atoms with van der Waals surface area (Å²) in [4.78, 5) is 25.2. The van der Waals surface area contributed by atoms with Crippen LogP contribution in [0, 0.1) is 19.8 Å². The number of hydrogen-bond acceptors (Lipinski definition) is 4. The smallest absolute Gasteiger partial charge is 0.226 e. The Morgan fingerprint density at radius 1 is 1.38 bits per heavy atom. The molecule has 2 aliphatic rings. The van der Waals surface area contributed by atoms with Crippen molar-refractivity contribution in [2.75, 3.05) is 13.1 Å². The molecule has 1 saturated carbocycles. The van der Waals surface area contributed by atoms with Crippen LogP contribution in [0.5, 0.6) is 0 Å². The monoisotopic (exact) mass is 341 g/mol. The first-order valence-corrected chi connectivity index (χ1v) is 9.57. The first-order valence-electron chi connectivity index (χ1n) is 8.76. The topological polar surface area (TPSA) is 46.1 Å². The van der Waals surface area contributed by atoms with Crippen molar-refractivity contribution >= 4 is 17.2 Å². The molecular weight excluding hydrogens is 318 g/mol. The molecule has 1 aliphatic carbocycles. The number of amides is 1. The van der Waals surface area contributed by atoms with Crippen molar-refractivity contribution in [3.05, 3.63) is 45.7 Å². The van der Waals surface area contributed by atoms with E-state index in [9.17, 15) is 4.79 Å². The number of pyridine rings is 1. The van der Waals surface area contributed by atoms with Gasteiger partial charge in [0.2, 0.25) is 5.91 Å². The number of rotatable bonds is 3. The highest BCUT2D eigenvalue weighted by Gasteiger charge is 2.46. The maximum absolute atomic E-state index is 12.9. The van der Waals surface area contributed by atoms with Crippen LogP contribution in [-0.4, -0.2) is 33.9 Å². The molecule has 0 bridgehead atoms. The van der Waals surface area contributed by atoms with E-state index in [1.54, 1.807) is 17.5 Å². The number of aryl methyl sites for hydroxylation is 2.